The van der Waals surface area contributed by atoms with Crippen molar-refractivity contribution in [1.82, 2.24) is 30.4 Å². The second kappa shape index (κ2) is 9.25. The number of anilines is 1. The van der Waals surface area contributed by atoms with Gasteiger partial charge in [-0.1, -0.05) is 6.07 Å². The van der Waals surface area contributed by atoms with Crippen molar-refractivity contribution in [3.05, 3.63) is 41.9 Å². The zero-order valence-corrected chi connectivity index (χ0v) is 17.6. The minimum absolute atomic E-state index is 0.129. The van der Waals surface area contributed by atoms with Crippen molar-refractivity contribution in [3.8, 4) is 6.07 Å². The van der Waals surface area contributed by atoms with Crippen molar-refractivity contribution in [1.29, 1.82) is 5.26 Å². The molecule has 2 heterocycles. The SMILES string of the molecule is CC(C)(C)OC(=O)N1CCN(C(=O)c2cccc(NC=C(C#N)c3nn[nH]n3)c2)CC1. The fourth-order valence-corrected chi connectivity index (χ4v) is 2.92. The zero-order chi connectivity index (χ0) is 22.4. The van der Waals surface area contributed by atoms with Gasteiger partial charge in [-0.05, 0) is 44.2 Å². The van der Waals surface area contributed by atoms with Gasteiger partial charge in [-0.3, -0.25) is 4.79 Å². The summed E-state index contributed by atoms with van der Waals surface area (Å²) in [6, 6.07) is 8.94. The maximum absolute atomic E-state index is 12.9. The van der Waals surface area contributed by atoms with Gasteiger partial charge in [0.2, 0.25) is 5.82 Å². The van der Waals surface area contributed by atoms with Crippen LogP contribution < -0.4 is 5.32 Å². The number of H-pyrrole nitrogens is 1. The summed E-state index contributed by atoms with van der Waals surface area (Å²) in [5, 5.41) is 25.5. The van der Waals surface area contributed by atoms with Crippen molar-refractivity contribution in [2.45, 2.75) is 26.4 Å². The number of carbonyl (C=O) groups is 2. The Kier molecular flexibility index (Phi) is 6.49. The smallest absolute Gasteiger partial charge is 0.410 e. The number of allylic oxidation sites excluding steroid dienone is 1. The molecule has 11 heteroatoms. The van der Waals surface area contributed by atoms with Crippen LogP contribution in [0.25, 0.3) is 5.57 Å². The van der Waals surface area contributed by atoms with Gasteiger partial charge in [-0.2, -0.15) is 10.5 Å². The average Bonchev–Trinajstić information content (AvgIpc) is 3.27. The number of nitriles is 1. The molecule has 2 N–H and O–H groups in total. The maximum atomic E-state index is 12.9. The summed E-state index contributed by atoms with van der Waals surface area (Å²) in [5.41, 5.74) is 0.779. The number of amides is 2. The number of tetrazole rings is 1. The van der Waals surface area contributed by atoms with Crippen molar-refractivity contribution in [2.75, 3.05) is 31.5 Å². The van der Waals surface area contributed by atoms with E-state index in [2.05, 4.69) is 25.9 Å². The van der Waals surface area contributed by atoms with Gasteiger partial charge in [0.25, 0.3) is 5.91 Å². The molecule has 0 saturated carbocycles. The molecule has 162 valence electrons. The largest absolute Gasteiger partial charge is 0.444 e. The molecule has 31 heavy (non-hydrogen) atoms. The summed E-state index contributed by atoms with van der Waals surface area (Å²) in [6.07, 6.45) is 1.08. The highest BCUT2D eigenvalue weighted by Crippen LogP contribution is 2.17. The topological polar surface area (TPSA) is 140 Å². The van der Waals surface area contributed by atoms with Gasteiger partial charge in [0, 0.05) is 43.6 Å². The number of hydrogen-bond donors (Lipinski definition) is 2. The third kappa shape index (κ3) is 5.79. The lowest BCUT2D eigenvalue weighted by Crippen LogP contribution is -2.51. The molecule has 2 aromatic rings. The van der Waals surface area contributed by atoms with Crippen LogP contribution in [0.2, 0.25) is 0 Å². The van der Waals surface area contributed by atoms with Crippen LogP contribution in [-0.2, 0) is 4.74 Å². The molecule has 11 nitrogen and oxygen atoms in total. The summed E-state index contributed by atoms with van der Waals surface area (Å²) >= 11 is 0. The third-order valence-electron chi connectivity index (χ3n) is 4.42. The summed E-state index contributed by atoms with van der Waals surface area (Å²) in [4.78, 5) is 28.4. The first-order valence-electron chi connectivity index (χ1n) is 9.75. The van der Waals surface area contributed by atoms with E-state index in [1.807, 2.05) is 26.8 Å². The van der Waals surface area contributed by atoms with E-state index in [1.165, 1.54) is 6.20 Å². The van der Waals surface area contributed by atoms with Gasteiger partial charge in [0.15, 0.2) is 0 Å². The molecule has 1 aliphatic rings. The van der Waals surface area contributed by atoms with Crippen LogP contribution in [0.5, 0.6) is 0 Å². The number of aromatic nitrogens is 4. The normalized spacial score (nSPS) is 14.7. The van der Waals surface area contributed by atoms with Crippen molar-refractivity contribution >= 4 is 23.3 Å². The molecule has 0 spiro atoms. The van der Waals surface area contributed by atoms with E-state index in [0.717, 1.165) is 0 Å². The number of nitrogens with zero attached hydrogens (tertiary/aromatic N) is 6. The van der Waals surface area contributed by atoms with Crippen LogP contribution in [0.15, 0.2) is 30.5 Å². The number of carbonyl (C=O) groups excluding carboxylic acids is 2. The van der Waals surface area contributed by atoms with E-state index in [0.29, 0.717) is 37.4 Å². The molecular weight excluding hydrogens is 400 g/mol. The lowest BCUT2D eigenvalue weighted by molar-refractivity contribution is 0.0141. The number of ether oxygens (including phenoxy) is 1. The molecule has 3 rings (SSSR count). The molecule has 2 amide bonds. The first-order valence-corrected chi connectivity index (χ1v) is 9.75. The molecule has 0 atom stereocenters. The number of piperazine rings is 1. The second-order valence-electron chi connectivity index (χ2n) is 7.89. The lowest BCUT2D eigenvalue weighted by Gasteiger charge is -2.35. The van der Waals surface area contributed by atoms with Gasteiger partial charge in [-0.15, -0.1) is 10.2 Å². The Balaban J connectivity index is 1.61. The van der Waals surface area contributed by atoms with Crippen LogP contribution in [0.4, 0.5) is 10.5 Å². The average molecular weight is 424 g/mol. The Morgan fingerprint density at radius 2 is 1.94 bits per heavy atom. The minimum atomic E-state index is -0.554. The standard InChI is InChI=1S/C20H24N8O3/c1-20(2,3)31-19(30)28-9-7-27(8-10-28)18(29)14-5-4-6-16(11-14)22-13-15(12-21)17-23-25-26-24-17/h4-6,11,13,22H,7-10H2,1-3H3,(H,23,24,25,26). The minimum Gasteiger partial charge on any atom is -0.444 e. The molecule has 1 fully saturated rings. The Bertz CT molecular complexity index is 996. The highest BCUT2D eigenvalue weighted by Gasteiger charge is 2.28. The third-order valence-corrected chi connectivity index (χ3v) is 4.42. The summed E-state index contributed by atoms with van der Waals surface area (Å²) in [7, 11) is 0. The van der Waals surface area contributed by atoms with Gasteiger partial charge in [-0.25, -0.2) is 4.79 Å². The summed E-state index contributed by atoms with van der Waals surface area (Å²) in [5.74, 6) is 0.0419. The first-order chi connectivity index (χ1) is 14.8. The fraction of sp³-hybridized carbons (Fsp3) is 0.400. The molecule has 0 bridgehead atoms. The van der Waals surface area contributed by atoms with Crippen molar-refractivity contribution in [3.63, 3.8) is 0 Å². The Labute approximate surface area is 179 Å². The predicted molar refractivity (Wildman–Crippen MR) is 112 cm³/mol. The van der Waals surface area contributed by atoms with Crippen LogP contribution in [0.3, 0.4) is 0 Å². The Morgan fingerprint density at radius 1 is 1.23 bits per heavy atom. The molecule has 0 aliphatic carbocycles. The number of rotatable bonds is 4. The highest BCUT2D eigenvalue weighted by molar-refractivity contribution is 5.95. The summed E-state index contributed by atoms with van der Waals surface area (Å²) in [6.45, 7) is 7.14. The quantitative estimate of drug-likeness (QED) is 0.709. The molecule has 1 saturated heterocycles. The maximum Gasteiger partial charge on any atom is 0.410 e. The molecule has 0 radical (unpaired) electrons. The van der Waals surface area contributed by atoms with Crippen molar-refractivity contribution in [2.24, 2.45) is 0 Å². The molecular formula is C20H24N8O3. The highest BCUT2D eigenvalue weighted by atomic mass is 16.6. The number of hydrogen-bond acceptors (Lipinski definition) is 8. The number of aromatic amines is 1. The van der Waals surface area contributed by atoms with E-state index < -0.39 is 5.60 Å². The van der Waals surface area contributed by atoms with E-state index in [-0.39, 0.29) is 23.4 Å². The molecule has 0 unspecified atom stereocenters. The molecule has 1 aromatic heterocycles. The van der Waals surface area contributed by atoms with E-state index in [4.69, 9.17) is 4.74 Å². The lowest BCUT2D eigenvalue weighted by atomic mass is 10.1. The fourth-order valence-electron chi connectivity index (χ4n) is 2.92. The van der Waals surface area contributed by atoms with E-state index in [1.54, 1.807) is 34.1 Å². The van der Waals surface area contributed by atoms with Crippen molar-refractivity contribution < 1.29 is 14.3 Å². The Morgan fingerprint density at radius 3 is 2.55 bits per heavy atom. The van der Waals surface area contributed by atoms with Crippen LogP contribution in [0, 0.1) is 11.3 Å². The predicted octanol–water partition coefficient (Wildman–Crippen LogP) is 1.87. The van der Waals surface area contributed by atoms with Crippen LogP contribution in [0.1, 0.15) is 37.0 Å². The van der Waals surface area contributed by atoms with Gasteiger partial charge in [0.1, 0.15) is 17.2 Å². The van der Waals surface area contributed by atoms with Gasteiger partial charge in [0.05, 0.1) is 0 Å². The molecule has 1 aromatic carbocycles. The van der Waals surface area contributed by atoms with Gasteiger partial charge < -0.3 is 19.9 Å². The Hall–Kier alpha value is -3.94. The monoisotopic (exact) mass is 424 g/mol. The first kappa shape index (κ1) is 21.8. The summed E-state index contributed by atoms with van der Waals surface area (Å²) < 4.78 is 5.39. The van der Waals surface area contributed by atoms with Crippen LogP contribution in [-0.4, -0.2) is 74.2 Å². The van der Waals surface area contributed by atoms with Gasteiger partial charge >= 0.3 is 6.09 Å². The zero-order valence-electron chi connectivity index (χ0n) is 17.6. The second-order valence-corrected chi connectivity index (χ2v) is 7.89. The van der Waals surface area contributed by atoms with Crippen LogP contribution >= 0.6 is 0 Å². The number of benzene rings is 1. The number of nitrogens with one attached hydrogen (secondary N) is 2. The van der Waals surface area contributed by atoms with E-state index >= 15 is 0 Å². The van der Waals surface area contributed by atoms with E-state index in [9.17, 15) is 14.9 Å². The molecule has 1 aliphatic heterocycles.